The summed E-state index contributed by atoms with van der Waals surface area (Å²) < 4.78 is 19.1. The quantitative estimate of drug-likeness (QED) is 0.871. The third-order valence-corrected chi connectivity index (χ3v) is 3.93. The molecular weight excluding hydrogens is 349 g/mol. The molecule has 0 saturated heterocycles. The van der Waals surface area contributed by atoms with Gasteiger partial charge in [-0.2, -0.15) is 5.26 Å². The van der Waals surface area contributed by atoms with Gasteiger partial charge in [-0.3, -0.25) is 0 Å². The van der Waals surface area contributed by atoms with Crippen LogP contribution in [0.3, 0.4) is 0 Å². The van der Waals surface area contributed by atoms with Gasteiger partial charge in [-0.15, -0.1) is 0 Å². The number of benzene rings is 1. The van der Waals surface area contributed by atoms with Gasteiger partial charge in [0.1, 0.15) is 17.5 Å². The van der Waals surface area contributed by atoms with Gasteiger partial charge in [-0.05, 0) is 39.0 Å². The van der Waals surface area contributed by atoms with E-state index in [1.807, 2.05) is 20.8 Å². The van der Waals surface area contributed by atoms with Crippen LogP contribution in [0.4, 0.5) is 20.8 Å². The zero-order valence-electron chi connectivity index (χ0n) is 15.4. The van der Waals surface area contributed by atoms with Crippen LogP contribution in [0.15, 0.2) is 24.4 Å². The number of carbonyl (C=O) groups excluding carboxylic acids is 1. The van der Waals surface area contributed by atoms with Gasteiger partial charge in [0, 0.05) is 30.4 Å². The number of anilines is 2. The van der Waals surface area contributed by atoms with Gasteiger partial charge in [0.15, 0.2) is 0 Å². The van der Waals surface area contributed by atoms with E-state index in [4.69, 9.17) is 10.00 Å². The second-order valence-corrected chi connectivity index (χ2v) is 7.25. The molecule has 0 bridgehead atoms. The van der Waals surface area contributed by atoms with Crippen molar-refractivity contribution in [2.45, 2.75) is 39.3 Å². The fraction of sp³-hybridized carbons (Fsp3) is 0.368. The van der Waals surface area contributed by atoms with Gasteiger partial charge < -0.3 is 15.0 Å². The Hall–Kier alpha value is -3.21. The maximum absolute atomic E-state index is 13.7. The molecular formula is C19H20FN5O2. The Kier molecular flexibility index (Phi) is 4.95. The van der Waals surface area contributed by atoms with Gasteiger partial charge >= 0.3 is 6.09 Å². The fourth-order valence-corrected chi connectivity index (χ4v) is 2.67. The van der Waals surface area contributed by atoms with Crippen molar-refractivity contribution >= 4 is 17.7 Å². The molecule has 27 heavy (non-hydrogen) atoms. The maximum Gasteiger partial charge on any atom is 0.410 e. The zero-order chi connectivity index (χ0) is 19.6. The van der Waals surface area contributed by atoms with Crippen molar-refractivity contribution in [1.29, 1.82) is 5.26 Å². The summed E-state index contributed by atoms with van der Waals surface area (Å²) in [6.45, 7) is 6.38. The minimum atomic E-state index is -0.603. The average Bonchev–Trinajstić information content (AvgIpc) is 2.60. The summed E-state index contributed by atoms with van der Waals surface area (Å²) in [5, 5.41) is 11.7. The molecule has 1 amide bonds. The number of rotatable bonds is 2. The molecule has 1 aliphatic rings. The number of halogens is 1. The zero-order valence-corrected chi connectivity index (χ0v) is 15.4. The molecule has 0 fully saturated rings. The Morgan fingerprint density at radius 1 is 1.41 bits per heavy atom. The summed E-state index contributed by atoms with van der Waals surface area (Å²) in [7, 11) is 0. The van der Waals surface area contributed by atoms with Crippen LogP contribution in [0.1, 0.15) is 37.6 Å². The smallest absolute Gasteiger partial charge is 0.410 e. The van der Waals surface area contributed by atoms with Gasteiger partial charge in [0.2, 0.25) is 5.95 Å². The number of nitrogens with zero attached hydrogens (tertiary/aromatic N) is 4. The van der Waals surface area contributed by atoms with Crippen molar-refractivity contribution in [2.24, 2.45) is 0 Å². The first-order valence-electron chi connectivity index (χ1n) is 8.54. The van der Waals surface area contributed by atoms with E-state index in [0.717, 1.165) is 11.3 Å². The van der Waals surface area contributed by atoms with Crippen molar-refractivity contribution in [2.75, 3.05) is 11.9 Å². The Balaban J connectivity index is 1.71. The van der Waals surface area contributed by atoms with E-state index in [1.165, 1.54) is 12.1 Å². The van der Waals surface area contributed by atoms with Crippen molar-refractivity contribution in [3.8, 4) is 6.07 Å². The van der Waals surface area contributed by atoms with Gasteiger partial charge in [0.25, 0.3) is 0 Å². The highest BCUT2D eigenvalue weighted by Gasteiger charge is 2.26. The molecule has 7 nitrogen and oxygen atoms in total. The summed E-state index contributed by atoms with van der Waals surface area (Å²) >= 11 is 0. The molecule has 0 saturated carbocycles. The number of nitrogens with one attached hydrogen (secondary N) is 1. The number of aromatic nitrogens is 2. The molecule has 2 aromatic rings. The summed E-state index contributed by atoms with van der Waals surface area (Å²) in [6.07, 6.45) is 1.87. The predicted molar refractivity (Wildman–Crippen MR) is 96.8 cm³/mol. The van der Waals surface area contributed by atoms with Crippen LogP contribution in [0.5, 0.6) is 0 Å². The molecule has 1 aromatic heterocycles. The number of fused-ring (bicyclic) bond motifs is 1. The highest BCUT2D eigenvalue weighted by atomic mass is 19.1. The summed E-state index contributed by atoms with van der Waals surface area (Å²) in [6, 6.07) is 6.00. The number of hydrogen-bond acceptors (Lipinski definition) is 6. The van der Waals surface area contributed by atoms with Crippen LogP contribution in [0, 0.1) is 17.1 Å². The Labute approximate surface area is 156 Å². The van der Waals surface area contributed by atoms with Crippen LogP contribution in [0.2, 0.25) is 0 Å². The molecule has 0 unspecified atom stereocenters. The Bertz CT molecular complexity index is 917. The van der Waals surface area contributed by atoms with E-state index in [9.17, 15) is 9.18 Å². The van der Waals surface area contributed by atoms with Crippen molar-refractivity contribution in [1.82, 2.24) is 14.9 Å². The van der Waals surface area contributed by atoms with Gasteiger partial charge in [0.05, 0.1) is 17.8 Å². The number of ether oxygens (including phenoxy) is 1. The van der Waals surface area contributed by atoms with E-state index in [2.05, 4.69) is 15.3 Å². The third-order valence-electron chi connectivity index (χ3n) is 3.93. The van der Waals surface area contributed by atoms with Crippen LogP contribution in [-0.4, -0.2) is 33.1 Å². The third kappa shape index (κ3) is 4.50. The molecule has 1 aromatic carbocycles. The predicted octanol–water partition coefficient (Wildman–Crippen LogP) is 3.52. The molecule has 0 atom stereocenters. The van der Waals surface area contributed by atoms with Gasteiger partial charge in [-0.1, -0.05) is 0 Å². The fourth-order valence-electron chi connectivity index (χ4n) is 2.67. The summed E-state index contributed by atoms with van der Waals surface area (Å²) in [5.41, 5.74) is 1.58. The van der Waals surface area contributed by atoms with Crippen LogP contribution < -0.4 is 5.32 Å². The lowest BCUT2D eigenvalue weighted by atomic mass is 10.1. The first-order chi connectivity index (χ1) is 12.7. The number of carbonyl (C=O) groups is 1. The topological polar surface area (TPSA) is 91.1 Å². The van der Waals surface area contributed by atoms with E-state index in [-0.39, 0.29) is 11.7 Å². The SMILES string of the molecule is CC(C)(C)OC(=O)N1CCc2nc(Nc3ccc(C#N)c(F)c3)ncc2C1. The molecule has 0 radical (unpaired) electrons. The lowest BCUT2D eigenvalue weighted by molar-refractivity contribution is 0.0222. The molecule has 0 aliphatic carbocycles. The highest BCUT2D eigenvalue weighted by Crippen LogP contribution is 2.22. The van der Waals surface area contributed by atoms with Crippen LogP contribution in [0.25, 0.3) is 0 Å². The van der Waals surface area contributed by atoms with E-state index in [1.54, 1.807) is 23.2 Å². The van der Waals surface area contributed by atoms with E-state index in [0.29, 0.717) is 31.1 Å². The second-order valence-electron chi connectivity index (χ2n) is 7.25. The second kappa shape index (κ2) is 7.19. The number of nitriles is 1. The van der Waals surface area contributed by atoms with Crippen molar-refractivity contribution in [3.63, 3.8) is 0 Å². The lowest BCUT2D eigenvalue weighted by Gasteiger charge is -2.30. The monoisotopic (exact) mass is 369 g/mol. The minimum absolute atomic E-state index is 0.0193. The standard InChI is InChI=1S/C19H20FN5O2/c1-19(2,3)27-18(26)25-7-6-16-13(11-25)10-22-17(24-16)23-14-5-4-12(9-21)15(20)8-14/h4-5,8,10H,6-7,11H2,1-3H3,(H,22,23,24). The highest BCUT2D eigenvalue weighted by molar-refractivity contribution is 5.68. The average molecular weight is 369 g/mol. The van der Waals surface area contributed by atoms with E-state index < -0.39 is 11.4 Å². The summed E-state index contributed by atoms with van der Waals surface area (Å²) in [5.74, 6) is -0.267. The Morgan fingerprint density at radius 2 is 2.19 bits per heavy atom. The van der Waals surface area contributed by atoms with Crippen LogP contribution >= 0.6 is 0 Å². The maximum atomic E-state index is 13.7. The molecule has 1 aliphatic heterocycles. The Morgan fingerprint density at radius 3 is 2.85 bits per heavy atom. The normalized spacial score (nSPS) is 13.5. The molecule has 8 heteroatoms. The number of amides is 1. The molecule has 2 heterocycles. The largest absolute Gasteiger partial charge is 0.444 e. The van der Waals surface area contributed by atoms with Crippen molar-refractivity contribution in [3.05, 3.63) is 47.0 Å². The first kappa shape index (κ1) is 18.6. The lowest BCUT2D eigenvalue weighted by Crippen LogP contribution is -2.40. The van der Waals surface area contributed by atoms with E-state index >= 15 is 0 Å². The summed E-state index contributed by atoms with van der Waals surface area (Å²) in [4.78, 5) is 22.5. The number of hydrogen-bond donors (Lipinski definition) is 1. The minimum Gasteiger partial charge on any atom is -0.444 e. The van der Waals surface area contributed by atoms with Crippen LogP contribution in [-0.2, 0) is 17.7 Å². The van der Waals surface area contributed by atoms with Crippen molar-refractivity contribution < 1.29 is 13.9 Å². The molecule has 140 valence electrons. The van der Waals surface area contributed by atoms with Gasteiger partial charge in [-0.25, -0.2) is 19.2 Å². The first-order valence-corrected chi connectivity index (χ1v) is 8.54. The molecule has 3 rings (SSSR count). The molecule has 0 spiro atoms. The molecule has 1 N–H and O–H groups in total.